The molecule has 14 heavy (non-hydrogen) atoms. The summed E-state index contributed by atoms with van der Waals surface area (Å²) >= 11 is 5.71. The number of furan rings is 1. The van der Waals surface area contributed by atoms with Crippen LogP contribution in [0.15, 0.2) is 41.2 Å². The van der Waals surface area contributed by atoms with Gasteiger partial charge in [-0.1, -0.05) is 23.6 Å². The first kappa shape index (κ1) is 8.86. The van der Waals surface area contributed by atoms with Crippen molar-refractivity contribution in [2.75, 3.05) is 0 Å². The van der Waals surface area contributed by atoms with E-state index in [1.54, 1.807) is 30.7 Å². The van der Waals surface area contributed by atoms with Crippen molar-refractivity contribution in [2.45, 2.75) is 0 Å². The van der Waals surface area contributed by atoms with E-state index in [-0.39, 0.29) is 0 Å². The summed E-state index contributed by atoms with van der Waals surface area (Å²) in [5, 5.41) is 0.448. The molecule has 2 nitrogen and oxygen atoms in total. The molecule has 0 N–H and O–H groups in total. The fourth-order valence-electron chi connectivity index (χ4n) is 0.950. The topological polar surface area (TPSA) is 26.0 Å². The minimum absolute atomic E-state index is 0.448. The molecular weight excluding hydrogens is 198 g/mol. The highest BCUT2D eigenvalue weighted by molar-refractivity contribution is 6.29. The van der Waals surface area contributed by atoms with Gasteiger partial charge in [0.25, 0.3) is 0 Å². The van der Waals surface area contributed by atoms with Crippen molar-refractivity contribution in [3.63, 3.8) is 0 Å². The number of halogens is 1. The van der Waals surface area contributed by atoms with Crippen LogP contribution in [0.3, 0.4) is 0 Å². The van der Waals surface area contributed by atoms with Gasteiger partial charge in [-0.15, -0.1) is 0 Å². The minimum atomic E-state index is 0.448. The predicted molar refractivity (Wildman–Crippen MR) is 53.9 cm³/mol. The number of pyridine rings is 1. The van der Waals surface area contributed by atoms with Crippen LogP contribution in [-0.2, 0) is 0 Å². The summed E-state index contributed by atoms with van der Waals surface area (Å²) in [6.07, 6.45) is 3.16. The fourth-order valence-corrected chi connectivity index (χ4v) is 1.11. The van der Waals surface area contributed by atoms with Gasteiger partial charge in [0.1, 0.15) is 17.1 Å². The summed E-state index contributed by atoms with van der Waals surface area (Å²) in [6.45, 7) is 0. The molecular formula is C11H6ClNO. The SMILES string of the molecule is Clc1cccc(C#Cc2ccoc2)n1. The molecule has 0 aromatic carbocycles. The maximum Gasteiger partial charge on any atom is 0.130 e. The highest BCUT2D eigenvalue weighted by atomic mass is 35.5. The van der Waals surface area contributed by atoms with Crippen LogP contribution in [0.4, 0.5) is 0 Å². The van der Waals surface area contributed by atoms with Crippen LogP contribution in [0.5, 0.6) is 0 Å². The van der Waals surface area contributed by atoms with E-state index >= 15 is 0 Å². The van der Waals surface area contributed by atoms with Gasteiger partial charge in [-0.25, -0.2) is 4.98 Å². The van der Waals surface area contributed by atoms with Crippen molar-refractivity contribution in [1.29, 1.82) is 0 Å². The molecule has 0 aliphatic rings. The first-order valence-corrected chi connectivity index (χ1v) is 4.39. The standard InChI is InChI=1S/C11H6ClNO/c12-11-3-1-2-10(13-11)5-4-9-6-7-14-8-9/h1-3,6-8H. The van der Waals surface area contributed by atoms with Gasteiger partial charge in [0, 0.05) is 0 Å². The maximum absolute atomic E-state index is 5.71. The molecule has 2 rings (SSSR count). The Morgan fingerprint density at radius 1 is 1.21 bits per heavy atom. The van der Waals surface area contributed by atoms with Crippen LogP contribution in [0.1, 0.15) is 11.3 Å². The van der Waals surface area contributed by atoms with E-state index in [1.165, 1.54) is 0 Å². The van der Waals surface area contributed by atoms with Gasteiger partial charge in [-0.2, -0.15) is 0 Å². The summed E-state index contributed by atoms with van der Waals surface area (Å²) in [6, 6.07) is 7.12. The molecule has 0 radical (unpaired) electrons. The average molecular weight is 204 g/mol. The summed E-state index contributed by atoms with van der Waals surface area (Å²) in [7, 11) is 0. The summed E-state index contributed by atoms with van der Waals surface area (Å²) < 4.78 is 4.88. The van der Waals surface area contributed by atoms with Crippen molar-refractivity contribution >= 4 is 11.6 Å². The van der Waals surface area contributed by atoms with Crippen LogP contribution in [0.2, 0.25) is 5.15 Å². The van der Waals surface area contributed by atoms with Gasteiger partial charge >= 0.3 is 0 Å². The lowest BCUT2D eigenvalue weighted by molar-refractivity contribution is 0.566. The lowest BCUT2D eigenvalue weighted by Crippen LogP contribution is -1.80. The van der Waals surface area contributed by atoms with Gasteiger partial charge in [-0.05, 0) is 24.1 Å². The monoisotopic (exact) mass is 203 g/mol. The second-order valence-electron chi connectivity index (χ2n) is 2.61. The van der Waals surface area contributed by atoms with E-state index in [9.17, 15) is 0 Å². The van der Waals surface area contributed by atoms with Crippen molar-refractivity contribution in [3.8, 4) is 11.8 Å². The Balaban J connectivity index is 2.26. The fraction of sp³-hybridized carbons (Fsp3) is 0. The molecule has 0 atom stereocenters. The Hall–Kier alpha value is -1.72. The lowest BCUT2D eigenvalue weighted by atomic mass is 10.3. The van der Waals surface area contributed by atoms with Gasteiger partial charge in [-0.3, -0.25) is 0 Å². The van der Waals surface area contributed by atoms with E-state index < -0.39 is 0 Å². The highest BCUT2D eigenvalue weighted by Crippen LogP contribution is 2.04. The molecule has 0 aliphatic heterocycles. The highest BCUT2D eigenvalue weighted by Gasteiger charge is 1.90. The third-order valence-electron chi connectivity index (χ3n) is 1.57. The zero-order valence-corrected chi connectivity index (χ0v) is 7.95. The normalized spacial score (nSPS) is 9.21. The second kappa shape index (κ2) is 3.99. The Kier molecular flexibility index (Phi) is 2.53. The summed E-state index contributed by atoms with van der Waals surface area (Å²) in [4.78, 5) is 4.03. The zero-order valence-electron chi connectivity index (χ0n) is 7.20. The first-order chi connectivity index (χ1) is 6.84. The molecule has 0 spiro atoms. The molecule has 0 saturated heterocycles. The molecule has 0 unspecified atom stereocenters. The van der Waals surface area contributed by atoms with Gasteiger partial charge in [0.2, 0.25) is 0 Å². The van der Waals surface area contributed by atoms with E-state index in [1.807, 2.05) is 6.07 Å². The summed E-state index contributed by atoms with van der Waals surface area (Å²) in [5.41, 5.74) is 1.48. The maximum atomic E-state index is 5.71. The number of hydrogen-bond donors (Lipinski definition) is 0. The number of aromatic nitrogens is 1. The number of hydrogen-bond acceptors (Lipinski definition) is 2. The third-order valence-corrected chi connectivity index (χ3v) is 1.78. The van der Waals surface area contributed by atoms with Crippen molar-refractivity contribution in [3.05, 3.63) is 53.2 Å². The lowest BCUT2D eigenvalue weighted by Gasteiger charge is -1.88. The van der Waals surface area contributed by atoms with E-state index in [2.05, 4.69) is 16.8 Å². The smallest absolute Gasteiger partial charge is 0.130 e. The van der Waals surface area contributed by atoms with Gasteiger partial charge < -0.3 is 4.42 Å². The predicted octanol–water partition coefficient (Wildman–Crippen LogP) is 2.73. The van der Waals surface area contributed by atoms with Crippen molar-refractivity contribution in [1.82, 2.24) is 4.98 Å². The van der Waals surface area contributed by atoms with Crippen LogP contribution in [0.25, 0.3) is 0 Å². The van der Waals surface area contributed by atoms with Crippen molar-refractivity contribution < 1.29 is 4.42 Å². The van der Waals surface area contributed by atoms with Crippen LogP contribution in [-0.4, -0.2) is 4.98 Å². The molecule has 0 bridgehead atoms. The van der Waals surface area contributed by atoms with Crippen LogP contribution >= 0.6 is 11.6 Å². The van der Waals surface area contributed by atoms with Crippen molar-refractivity contribution in [2.24, 2.45) is 0 Å². The molecule has 2 aromatic heterocycles. The van der Waals surface area contributed by atoms with Crippen LogP contribution < -0.4 is 0 Å². The molecule has 2 heterocycles. The minimum Gasteiger partial charge on any atom is -0.471 e. The van der Waals surface area contributed by atoms with Gasteiger partial charge in [0.15, 0.2) is 0 Å². The van der Waals surface area contributed by atoms with E-state index in [0.717, 1.165) is 5.56 Å². The molecule has 0 saturated carbocycles. The molecule has 0 fully saturated rings. The van der Waals surface area contributed by atoms with Crippen LogP contribution in [0, 0.1) is 11.8 Å². The summed E-state index contributed by atoms with van der Waals surface area (Å²) in [5.74, 6) is 5.79. The Morgan fingerprint density at radius 2 is 2.14 bits per heavy atom. The quantitative estimate of drug-likeness (QED) is 0.486. The Morgan fingerprint density at radius 3 is 2.86 bits per heavy atom. The molecule has 2 aromatic rings. The Labute approximate surface area is 86.5 Å². The van der Waals surface area contributed by atoms with Gasteiger partial charge in [0.05, 0.1) is 11.8 Å². The molecule has 0 amide bonds. The zero-order chi connectivity index (χ0) is 9.80. The second-order valence-corrected chi connectivity index (χ2v) is 2.99. The third kappa shape index (κ3) is 2.15. The van der Waals surface area contributed by atoms with E-state index in [0.29, 0.717) is 10.8 Å². The molecule has 3 heteroatoms. The largest absolute Gasteiger partial charge is 0.471 e. The number of rotatable bonds is 0. The average Bonchev–Trinajstić information content (AvgIpc) is 2.67. The first-order valence-electron chi connectivity index (χ1n) is 4.01. The molecule has 68 valence electrons. The Bertz CT molecular complexity index is 479. The molecule has 0 aliphatic carbocycles. The van der Waals surface area contributed by atoms with E-state index in [4.69, 9.17) is 16.0 Å². The number of nitrogens with zero attached hydrogens (tertiary/aromatic N) is 1.